The number of aryl methyl sites for hydroxylation is 1. The van der Waals surface area contributed by atoms with Crippen molar-refractivity contribution in [2.24, 2.45) is 5.73 Å². The van der Waals surface area contributed by atoms with Crippen molar-refractivity contribution in [3.8, 4) is 11.4 Å². The third kappa shape index (κ3) is 2.73. The first-order chi connectivity index (χ1) is 8.60. The van der Waals surface area contributed by atoms with Gasteiger partial charge in [0.2, 0.25) is 11.7 Å². The molecule has 1 heterocycles. The third-order valence-corrected chi connectivity index (χ3v) is 2.85. The zero-order valence-corrected chi connectivity index (χ0v) is 10.5. The van der Waals surface area contributed by atoms with E-state index in [0.29, 0.717) is 23.7 Å². The van der Waals surface area contributed by atoms with E-state index in [4.69, 9.17) is 10.3 Å². The number of benzene rings is 1. The van der Waals surface area contributed by atoms with Crippen molar-refractivity contribution in [3.63, 3.8) is 0 Å². The Morgan fingerprint density at radius 3 is 2.89 bits per heavy atom. The zero-order valence-electron chi connectivity index (χ0n) is 10.5. The molecule has 96 valence electrons. The van der Waals surface area contributed by atoms with Gasteiger partial charge in [-0.2, -0.15) is 4.98 Å². The van der Waals surface area contributed by atoms with Gasteiger partial charge < -0.3 is 10.3 Å². The van der Waals surface area contributed by atoms with Crippen LogP contribution in [-0.4, -0.2) is 16.2 Å². The summed E-state index contributed by atoms with van der Waals surface area (Å²) >= 11 is 0. The van der Waals surface area contributed by atoms with Gasteiger partial charge >= 0.3 is 0 Å². The predicted molar refractivity (Wildman–Crippen MR) is 66.4 cm³/mol. The van der Waals surface area contributed by atoms with E-state index in [0.717, 1.165) is 12.0 Å². The van der Waals surface area contributed by atoms with Crippen molar-refractivity contribution in [1.82, 2.24) is 10.1 Å². The van der Waals surface area contributed by atoms with Crippen molar-refractivity contribution in [1.29, 1.82) is 0 Å². The summed E-state index contributed by atoms with van der Waals surface area (Å²) < 4.78 is 18.3. The van der Waals surface area contributed by atoms with E-state index in [-0.39, 0.29) is 11.9 Å². The highest BCUT2D eigenvalue weighted by atomic mass is 19.1. The van der Waals surface area contributed by atoms with Crippen LogP contribution in [0.3, 0.4) is 0 Å². The molecule has 0 aliphatic rings. The summed E-state index contributed by atoms with van der Waals surface area (Å²) in [5, 5.41) is 3.88. The normalized spacial score (nSPS) is 12.7. The molecule has 2 aromatic rings. The molecule has 18 heavy (non-hydrogen) atoms. The topological polar surface area (TPSA) is 64.9 Å². The predicted octanol–water partition coefficient (Wildman–Crippen LogP) is 2.46. The number of rotatable bonds is 4. The molecule has 0 radical (unpaired) electrons. The molecule has 0 amide bonds. The lowest BCUT2D eigenvalue weighted by Gasteiger charge is -2.02. The minimum atomic E-state index is -0.240. The summed E-state index contributed by atoms with van der Waals surface area (Å²) in [6, 6.07) is 4.76. The molecule has 1 aromatic heterocycles. The largest absolute Gasteiger partial charge is 0.339 e. The average Bonchev–Trinajstić information content (AvgIpc) is 2.81. The molecule has 0 fully saturated rings. The maximum atomic E-state index is 13.2. The molecule has 5 heteroatoms. The fourth-order valence-electron chi connectivity index (χ4n) is 1.61. The first-order valence-corrected chi connectivity index (χ1v) is 5.95. The van der Waals surface area contributed by atoms with Crippen LogP contribution < -0.4 is 5.73 Å². The Morgan fingerprint density at radius 1 is 1.44 bits per heavy atom. The minimum absolute atomic E-state index is 0.0215. The van der Waals surface area contributed by atoms with Crippen LogP contribution in [0.2, 0.25) is 0 Å². The van der Waals surface area contributed by atoms with Gasteiger partial charge in [-0.05, 0) is 37.1 Å². The molecular formula is C13H16FN3O. The minimum Gasteiger partial charge on any atom is -0.339 e. The Labute approximate surface area is 105 Å². The molecule has 0 aliphatic carbocycles. The molecule has 0 saturated heterocycles. The van der Waals surface area contributed by atoms with Gasteiger partial charge in [0.25, 0.3) is 0 Å². The van der Waals surface area contributed by atoms with Gasteiger partial charge in [-0.3, -0.25) is 0 Å². The smallest absolute Gasteiger partial charge is 0.228 e. The Bertz CT molecular complexity index is 539. The molecule has 1 atom stereocenters. The lowest BCUT2D eigenvalue weighted by atomic mass is 10.1. The molecule has 0 spiro atoms. The third-order valence-electron chi connectivity index (χ3n) is 2.85. The van der Waals surface area contributed by atoms with Crippen LogP contribution in [0.5, 0.6) is 0 Å². The second-order valence-electron chi connectivity index (χ2n) is 4.35. The summed E-state index contributed by atoms with van der Waals surface area (Å²) in [4.78, 5) is 4.26. The highest BCUT2D eigenvalue weighted by Gasteiger charge is 2.12. The Morgan fingerprint density at radius 2 is 2.22 bits per heavy atom. The highest BCUT2D eigenvalue weighted by Crippen LogP contribution is 2.19. The molecule has 0 bridgehead atoms. The summed E-state index contributed by atoms with van der Waals surface area (Å²) in [6.45, 7) is 3.71. The van der Waals surface area contributed by atoms with Crippen molar-refractivity contribution in [2.45, 2.75) is 32.7 Å². The summed E-state index contributed by atoms with van der Waals surface area (Å²) in [6.07, 6.45) is 1.41. The van der Waals surface area contributed by atoms with Crippen molar-refractivity contribution in [2.75, 3.05) is 0 Å². The number of halogens is 1. The molecule has 1 aromatic carbocycles. The van der Waals surface area contributed by atoms with Gasteiger partial charge in [-0.25, -0.2) is 4.39 Å². The summed E-state index contributed by atoms with van der Waals surface area (Å²) in [7, 11) is 0. The number of nitrogens with two attached hydrogens (primary N) is 1. The maximum absolute atomic E-state index is 13.2. The number of aromatic nitrogens is 2. The van der Waals surface area contributed by atoms with Gasteiger partial charge in [-0.15, -0.1) is 0 Å². The summed E-state index contributed by atoms with van der Waals surface area (Å²) in [5.74, 6) is 0.744. The molecular weight excluding hydrogens is 233 g/mol. The van der Waals surface area contributed by atoms with Gasteiger partial charge in [0, 0.05) is 18.0 Å². The molecule has 0 aliphatic heterocycles. The Balaban J connectivity index is 2.21. The van der Waals surface area contributed by atoms with Gasteiger partial charge in [0.05, 0.1) is 0 Å². The van der Waals surface area contributed by atoms with Gasteiger partial charge in [-0.1, -0.05) is 12.1 Å². The highest BCUT2D eigenvalue weighted by molar-refractivity contribution is 5.55. The average molecular weight is 249 g/mol. The Hall–Kier alpha value is -1.75. The lowest BCUT2D eigenvalue weighted by molar-refractivity contribution is 0.368. The van der Waals surface area contributed by atoms with Crippen LogP contribution in [0.25, 0.3) is 11.4 Å². The summed E-state index contributed by atoms with van der Waals surface area (Å²) in [5.41, 5.74) is 7.12. The fraction of sp³-hybridized carbons (Fsp3) is 0.385. The van der Waals surface area contributed by atoms with Crippen LogP contribution in [0.1, 0.15) is 24.8 Å². The van der Waals surface area contributed by atoms with Crippen LogP contribution in [-0.2, 0) is 6.42 Å². The van der Waals surface area contributed by atoms with Gasteiger partial charge in [0.1, 0.15) is 5.82 Å². The second kappa shape index (κ2) is 5.27. The van der Waals surface area contributed by atoms with E-state index in [2.05, 4.69) is 10.1 Å². The fourth-order valence-corrected chi connectivity index (χ4v) is 1.61. The molecule has 2 rings (SSSR count). The quantitative estimate of drug-likeness (QED) is 0.904. The SMILES string of the molecule is CCC(N)Cc1nc(-c2ccc(F)c(C)c2)no1. The first kappa shape index (κ1) is 12.7. The molecule has 0 saturated carbocycles. The molecule has 4 nitrogen and oxygen atoms in total. The van der Waals surface area contributed by atoms with E-state index < -0.39 is 0 Å². The standard InChI is InChI=1S/C13H16FN3O/c1-3-10(15)7-12-16-13(17-18-12)9-4-5-11(14)8(2)6-9/h4-6,10H,3,7,15H2,1-2H3. The number of hydrogen-bond acceptors (Lipinski definition) is 4. The number of hydrogen-bond donors (Lipinski definition) is 1. The lowest BCUT2D eigenvalue weighted by Crippen LogP contribution is -2.21. The van der Waals surface area contributed by atoms with Gasteiger partial charge in [0.15, 0.2) is 0 Å². The van der Waals surface area contributed by atoms with Crippen LogP contribution in [0.15, 0.2) is 22.7 Å². The van der Waals surface area contributed by atoms with Crippen molar-refractivity contribution < 1.29 is 8.91 Å². The van der Waals surface area contributed by atoms with Crippen LogP contribution in [0.4, 0.5) is 4.39 Å². The van der Waals surface area contributed by atoms with Crippen molar-refractivity contribution in [3.05, 3.63) is 35.5 Å². The maximum Gasteiger partial charge on any atom is 0.228 e. The molecule has 2 N–H and O–H groups in total. The van der Waals surface area contributed by atoms with E-state index >= 15 is 0 Å². The van der Waals surface area contributed by atoms with Crippen LogP contribution >= 0.6 is 0 Å². The first-order valence-electron chi connectivity index (χ1n) is 5.95. The number of nitrogens with zero attached hydrogens (tertiary/aromatic N) is 2. The van der Waals surface area contributed by atoms with Crippen molar-refractivity contribution >= 4 is 0 Å². The van der Waals surface area contributed by atoms with Crippen LogP contribution in [0, 0.1) is 12.7 Å². The second-order valence-corrected chi connectivity index (χ2v) is 4.35. The van der Waals surface area contributed by atoms with E-state index in [9.17, 15) is 4.39 Å². The van der Waals surface area contributed by atoms with E-state index in [1.165, 1.54) is 6.07 Å². The Kier molecular flexibility index (Phi) is 3.72. The molecule has 1 unspecified atom stereocenters. The zero-order chi connectivity index (χ0) is 13.1. The van der Waals surface area contributed by atoms with E-state index in [1.54, 1.807) is 19.1 Å². The monoisotopic (exact) mass is 249 g/mol. The van der Waals surface area contributed by atoms with E-state index in [1.807, 2.05) is 6.92 Å².